The molecule has 41 heavy (non-hydrogen) atoms. The first-order valence-corrected chi connectivity index (χ1v) is 15.3. The molecule has 0 aromatic heterocycles. The molecule has 9 nitrogen and oxygen atoms in total. The zero-order valence-electron chi connectivity index (χ0n) is 23.7. The normalized spacial score (nSPS) is 11.8. The number of nitrogens with one attached hydrogen (secondary N) is 1. The lowest BCUT2D eigenvalue weighted by atomic mass is 10.0. The Bertz CT molecular complexity index is 1420. The fraction of sp³-hybridized carbons (Fsp3) is 0.333. The Labute approximate surface area is 247 Å². The number of carbonyl (C=O) groups is 2. The summed E-state index contributed by atoms with van der Waals surface area (Å²) in [4.78, 5) is 29.1. The Balaban J connectivity index is 2.07. The van der Waals surface area contributed by atoms with E-state index >= 15 is 0 Å². The third-order valence-corrected chi connectivity index (χ3v) is 7.80. The number of hydrogen-bond acceptors (Lipinski definition) is 6. The molecule has 0 unspecified atom stereocenters. The van der Waals surface area contributed by atoms with Crippen LogP contribution >= 0.6 is 11.6 Å². The average molecular weight is 602 g/mol. The molecule has 220 valence electrons. The molecule has 0 aliphatic carbocycles. The zero-order valence-corrected chi connectivity index (χ0v) is 25.2. The number of nitrogens with zero attached hydrogens (tertiary/aromatic N) is 2. The topological polar surface area (TPSA) is 105 Å². The Morgan fingerprint density at radius 2 is 1.63 bits per heavy atom. The van der Waals surface area contributed by atoms with Crippen LogP contribution in [-0.4, -0.2) is 64.7 Å². The van der Waals surface area contributed by atoms with Crippen LogP contribution in [-0.2, 0) is 32.6 Å². The fourth-order valence-electron chi connectivity index (χ4n) is 4.29. The van der Waals surface area contributed by atoms with Crippen LogP contribution in [0.3, 0.4) is 0 Å². The maximum atomic E-state index is 14.1. The third-order valence-electron chi connectivity index (χ3n) is 6.42. The number of amides is 2. The minimum Gasteiger partial charge on any atom is -0.497 e. The number of carbonyl (C=O) groups excluding carboxylic acids is 2. The Morgan fingerprint density at radius 3 is 2.22 bits per heavy atom. The molecule has 0 fully saturated rings. The molecule has 3 aromatic rings. The lowest BCUT2D eigenvalue weighted by Gasteiger charge is -2.33. The van der Waals surface area contributed by atoms with E-state index in [2.05, 4.69) is 5.32 Å². The summed E-state index contributed by atoms with van der Waals surface area (Å²) in [6.45, 7) is 1.88. The van der Waals surface area contributed by atoms with E-state index in [0.717, 1.165) is 21.7 Å². The van der Waals surface area contributed by atoms with Crippen molar-refractivity contribution in [3.63, 3.8) is 0 Å². The molecule has 0 heterocycles. The first kappa shape index (κ1) is 31.8. The van der Waals surface area contributed by atoms with Crippen molar-refractivity contribution in [3.8, 4) is 11.5 Å². The lowest BCUT2D eigenvalue weighted by Crippen LogP contribution is -2.53. The molecule has 0 spiro atoms. The molecule has 0 aliphatic rings. The Kier molecular flexibility index (Phi) is 11.4. The van der Waals surface area contributed by atoms with Crippen molar-refractivity contribution < 1.29 is 27.5 Å². The van der Waals surface area contributed by atoms with Gasteiger partial charge in [0.15, 0.2) is 0 Å². The van der Waals surface area contributed by atoms with Crippen LogP contribution in [0.15, 0.2) is 72.8 Å². The molecule has 11 heteroatoms. The number of halogens is 1. The zero-order chi connectivity index (χ0) is 30.0. The first-order chi connectivity index (χ1) is 19.6. The van der Waals surface area contributed by atoms with Crippen molar-refractivity contribution in [1.82, 2.24) is 10.2 Å². The van der Waals surface area contributed by atoms with Gasteiger partial charge in [-0.15, -0.1) is 0 Å². The average Bonchev–Trinajstić information content (AvgIpc) is 2.96. The van der Waals surface area contributed by atoms with Crippen molar-refractivity contribution in [2.75, 3.05) is 37.9 Å². The van der Waals surface area contributed by atoms with E-state index in [1.165, 1.54) is 25.2 Å². The number of benzene rings is 3. The van der Waals surface area contributed by atoms with E-state index in [0.29, 0.717) is 23.7 Å². The van der Waals surface area contributed by atoms with Crippen molar-refractivity contribution in [1.29, 1.82) is 0 Å². The van der Waals surface area contributed by atoms with Gasteiger partial charge in [0.2, 0.25) is 21.8 Å². The van der Waals surface area contributed by atoms with Gasteiger partial charge in [0.05, 0.1) is 26.2 Å². The van der Waals surface area contributed by atoms with E-state index in [1.807, 2.05) is 37.3 Å². The highest BCUT2D eigenvalue weighted by molar-refractivity contribution is 7.92. The van der Waals surface area contributed by atoms with Crippen LogP contribution in [0.25, 0.3) is 0 Å². The molecule has 1 N–H and O–H groups in total. The standard InChI is InChI=1S/C30H36ClN3O6S/c1-5-17-32-30(36)27(18-22-9-7-6-8-10-22)33(20-23-11-13-24(31)14-12-23)29(35)21-34(41(4,37)38)26-16-15-25(39-2)19-28(26)40-3/h6-16,19,27H,5,17-18,20-21H2,1-4H3,(H,32,36)/t27-/m0/s1. The van der Waals surface area contributed by atoms with Gasteiger partial charge in [-0.25, -0.2) is 8.42 Å². The lowest BCUT2D eigenvalue weighted by molar-refractivity contribution is -0.140. The highest BCUT2D eigenvalue weighted by Crippen LogP contribution is 2.34. The molecule has 3 aromatic carbocycles. The second-order valence-electron chi connectivity index (χ2n) is 9.45. The maximum Gasteiger partial charge on any atom is 0.244 e. The van der Waals surface area contributed by atoms with Gasteiger partial charge in [-0.2, -0.15) is 0 Å². The third kappa shape index (κ3) is 8.86. The smallest absolute Gasteiger partial charge is 0.244 e. The molecule has 0 aliphatic heterocycles. The number of ether oxygens (including phenoxy) is 2. The maximum absolute atomic E-state index is 14.1. The van der Waals surface area contributed by atoms with Gasteiger partial charge in [-0.05, 0) is 41.8 Å². The van der Waals surface area contributed by atoms with Crippen LogP contribution in [0, 0.1) is 0 Å². The number of anilines is 1. The number of rotatable bonds is 14. The van der Waals surface area contributed by atoms with E-state index in [4.69, 9.17) is 21.1 Å². The van der Waals surface area contributed by atoms with Crippen LogP contribution in [0.5, 0.6) is 11.5 Å². The Hall–Kier alpha value is -3.76. The van der Waals surface area contributed by atoms with Crippen LogP contribution < -0.4 is 19.1 Å². The summed E-state index contributed by atoms with van der Waals surface area (Å²) in [7, 11) is -1.06. The van der Waals surface area contributed by atoms with Crippen LogP contribution in [0.1, 0.15) is 24.5 Å². The van der Waals surface area contributed by atoms with Gasteiger partial charge in [0.25, 0.3) is 0 Å². The number of hydrogen-bond donors (Lipinski definition) is 1. The quantitative estimate of drug-likeness (QED) is 0.296. The second-order valence-corrected chi connectivity index (χ2v) is 11.8. The van der Waals surface area contributed by atoms with Crippen LogP contribution in [0.2, 0.25) is 5.02 Å². The van der Waals surface area contributed by atoms with Gasteiger partial charge < -0.3 is 19.7 Å². The summed E-state index contributed by atoms with van der Waals surface area (Å²) in [6, 6.07) is 20.1. The monoisotopic (exact) mass is 601 g/mol. The van der Waals surface area contributed by atoms with Crippen molar-refractivity contribution in [2.24, 2.45) is 0 Å². The molecule has 2 amide bonds. The minimum atomic E-state index is -3.95. The van der Waals surface area contributed by atoms with Gasteiger partial charge in [-0.1, -0.05) is 61.0 Å². The molecular weight excluding hydrogens is 566 g/mol. The van der Waals surface area contributed by atoms with E-state index in [-0.39, 0.29) is 30.3 Å². The molecule has 0 saturated carbocycles. The Morgan fingerprint density at radius 1 is 0.951 bits per heavy atom. The molecule has 1 atom stereocenters. The summed E-state index contributed by atoms with van der Waals surface area (Å²) in [6.07, 6.45) is 1.97. The molecule has 0 radical (unpaired) electrons. The van der Waals surface area contributed by atoms with Crippen molar-refractivity contribution in [2.45, 2.75) is 32.4 Å². The SMILES string of the molecule is CCCNC(=O)[C@H](Cc1ccccc1)N(Cc1ccc(Cl)cc1)C(=O)CN(c1ccc(OC)cc1OC)S(C)(=O)=O. The van der Waals surface area contributed by atoms with Gasteiger partial charge in [-0.3, -0.25) is 13.9 Å². The van der Waals surface area contributed by atoms with Gasteiger partial charge in [0.1, 0.15) is 24.1 Å². The first-order valence-electron chi connectivity index (χ1n) is 13.1. The second kappa shape index (κ2) is 14.7. The van der Waals surface area contributed by atoms with E-state index in [1.54, 1.807) is 36.4 Å². The summed E-state index contributed by atoms with van der Waals surface area (Å²) >= 11 is 6.09. The fourth-order valence-corrected chi connectivity index (χ4v) is 5.27. The van der Waals surface area contributed by atoms with Crippen LogP contribution in [0.4, 0.5) is 5.69 Å². The highest BCUT2D eigenvalue weighted by Gasteiger charge is 2.33. The summed E-state index contributed by atoms with van der Waals surface area (Å²) in [5, 5.41) is 3.44. The van der Waals surface area contributed by atoms with Gasteiger partial charge >= 0.3 is 0 Å². The summed E-state index contributed by atoms with van der Waals surface area (Å²) in [5.41, 5.74) is 1.76. The predicted octanol–water partition coefficient (Wildman–Crippen LogP) is 4.29. The highest BCUT2D eigenvalue weighted by atomic mass is 35.5. The summed E-state index contributed by atoms with van der Waals surface area (Å²) in [5.74, 6) is -0.208. The largest absolute Gasteiger partial charge is 0.497 e. The van der Waals surface area contributed by atoms with Crippen molar-refractivity contribution >= 4 is 39.1 Å². The molecule has 0 saturated heterocycles. The number of sulfonamides is 1. The van der Waals surface area contributed by atoms with E-state index in [9.17, 15) is 18.0 Å². The predicted molar refractivity (Wildman–Crippen MR) is 161 cm³/mol. The molecule has 3 rings (SSSR count). The van der Waals surface area contributed by atoms with Gasteiger partial charge in [0, 0.05) is 30.6 Å². The molecule has 0 bridgehead atoms. The molecular formula is C30H36ClN3O6S. The minimum absolute atomic E-state index is 0.0599. The van der Waals surface area contributed by atoms with Crippen molar-refractivity contribution in [3.05, 3.63) is 88.9 Å². The number of methoxy groups -OCH3 is 2. The van der Waals surface area contributed by atoms with E-state index < -0.39 is 28.5 Å². The summed E-state index contributed by atoms with van der Waals surface area (Å²) < 4.78 is 37.7.